The molecule has 37 heavy (non-hydrogen) atoms. The topological polar surface area (TPSA) is 96.4 Å². The van der Waals surface area contributed by atoms with Crippen molar-refractivity contribution in [3.63, 3.8) is 0 Å². The molecule has 9 heteroatoms. The molecular formula is C28H36N2O6S. The number of nitrogens with zero attached hydrogens (tertiary/aromatic N) is 2. The number of esters is 1. The number of amides is 2. The Kier molecular flexibility index (Phi) is 7.76. The van der Waals surface area contributed by atoms with Crippen molar-refractivity contribution in [3.8, 4) is 5.75 Å². The van der Waals surface area contributed by atoms with Crippen molar-refractivity contribution < 1.29 is 29.0 Å². The van der Waals surface area contributed by atoms with Crippen molar-refractivity contribution >= 4 is 35.2 Å². The minimum atomic E-state index is -0.841. The van der Waals surface area contributed by atoms with Crippen LogP contribution in [0.3, 0.4) is 0 Å². The van der Waals surface area contributed by atoms with Gasteiger partial charge >= 0.3 is 5.97 Å². The summed E-state index contributed by atoms with van der Waals surface area (Å²) in [5.74, 6) is -1.62. The molecule has 1 aromatic rings. The van der Waals surface area contributed by atoms with Crippen molar-refractivity contribution in [1.82, 2.24) is 4.90 Å². The highest BCUT2D eigenvalue weighted by Gasteiger charge is 2.78. The first kappa shape index (κ1) is 27.3. The van der Waals surface area contributed by atoms with Crippen LogP contribution in [-0.2, 0) is 19.1 Å². The van der Waals surface area contributed by atoms with Gasteiger partial charge in [-0.2, -0.15) is 0 Å². The van der Waals surface area contributed by atoms with Crippen molar-refractivity contribution in [2.24, 2.45) is 11.8 Å². The zero-order valence-electron chi connectivity index (χ0n) is 21.7. The zero-order valence-corrected chi connectivity index (χ0v) is 22.5. The number of hydrogen-bond donors (Lipinski definition) is 1. The first-order valence-electron chi connectivity index (χ1n) is 12.7. The summed E-state index contributed by atoms with van der Waals surface area (Å²) in [6.45, 7) is 11.4. The van der Waals surface area contributed by atoms with Gasteiger partial charge in [0.15, 0.2) is 0 Å². The highest BCUT2D eigenvalue weighted by atomic mass is 32.2. The van der Waals surface area contributed by atoms with Gasteiger partial charge in [0.1, 0.15) is 11.8 Å². The average Bonchev–Trinajstić information content (AvgIpc) is 3.47. The molecule has 8 nitrogen and oxygen atoms in total. The van der Waals surface area contributed by atoms with Gasteiger partial charge in [-0.1, -0.05) is 12.2 Å². The van der Waals surface area contributed by atoms with Gasteiger partial charge < -0.3 is 24.4 Å². The van der Waals surface area contributed by atoms with E-state index in [-0.39, 0.29) is 31.6 Å². The van der Waals surface area contributed by atoms with Gasteiger partial charge in [-0.15, -0.1) is 24.9 Å². The van der Waals surface area contributed by atoms with Crippen LogP contribution in [0, 0.1) is 11.8 Å². The summed E-state index contributed by atoms with van der Waals surface area (Å²) >= 11 is 1.58. The molecule has 0 aliphatic carbocycles. The van der Waals surface area contributed by atoms with Gasteiger partial charge in [0.25, 0.3) is 5.91 Å². The fourth-order valence-electron chi connectivity index (χ4n) is 6.26. The fourth-order valence-corrected chi connectivity index (χ4v) is 8.58. The molecule has 3 aliphatic heterocycles. The Bertz CT molecular complexity index is 1080. The Morgan fingerprint density at radius 3 is 2.57 bits per heavy atom. The van der Waals surface area contributed by atoms with Crippen molar-refractivity contribution in [3.05, 3.63) is 49.6 Å². The highest BCUT2D eigenvalue weighted by molar-refractivity contribution is 8.02. The maximum absolute atomic E-state index is 14.4. The average molecular weight is 529 g/mol. The molecule has 1 spiro atoms. The van der Waals surface area contributed by atoms with E-state index in [1.54, 1.807) is 67.1 Å². The number of carbonyl (C=O) groups is 3. The lowest BCUT2D eigenvalue weighted by molar-refractivity contribution is -0.155. The van der Waals surface area contributed by atoms with Crippen LogP contribution in [-0.4, -0.2) is 76.2 Å². The van der Waals surface area contributed by atoms with Gasteiger partial charge in [-0.25, -0.2) is 0 Å². The summed E-state index contributed by atoms with van der Waals surface area (Å²) in [7, 11) is 1.58. The summed E-state index contributed by atoms with van der Waals surface area (Å²) in [5.41, 5.74) is 0.652. The third-order valence-corrected chi connectivity index (χ3v) is 9.96. The second-order valence-corrected chi connectivity index (χ2v) is 12.1. The van der Waals surface area contributed by atoms with Crippen molar-refractivity contribution in [1.29, 1.82) is 0 Å². The SMILES string of the molecule is C=CCCOC(=O)[C@@H]1[C@H]2C(=O)N([C@H](C)CO)C(C(=O)N(CC=C)c3ccc(OC)cc3)C23CC[C@@]1(C)S3. The second kappa shape index (κ2) is 10.5. The normalized spacial score (nSPS) is 30.5. The van der Waals surface area contributed by atoms with Crippen LogP contribution in [0.5, 0.6) is 5.75 Å². The number of ether oxygens (including phenoxy) is 2. The predicted molar refractivity (Wildman–Crippen MR) is 143 cm³/mol. The van der Waals surface area contributed by atoms with Crippen LogP contribution in [0.15, 0.2) is 49.6 Å². The first-order chi connectivity index (χ1) is 17.7. The predicted octanol–water partition coefficient (Wildman–Crippen LogP) is 3.20. The minimum Gasteiger partial charge on any atom is -0.497 e. The third-order valence-electron chi connectivity index (χ3n) is 7.97. The van der Waals surface area contributed by atoms with Crippen LogP contribution in [0.4, 0.5) is 5.69 Å². The van der Waals surface area contributed by atoms with Crippen LogP contribution in [0.1, 0.15) is 33.1 Å². The molecule has 6 atom stereocenters. The molecule has 1 N–H and O–H groups in total. The van der Waals surface area contributed by atoms with E-state index in [1.807, 2.05) is 6.92 Å². The number of carbonyl (C=O) groups excluding carboxylic acids is 3. The summed E-state index contributed by atoms with van der Waals surface area (Å²) in [6, 6.07) is 5.72. The molecule has 1 aromatic carbocycles. The van der Waals surface area contributed by atoms with E-state index in [9.17, 15) is 19.5 Å². The maximum atomic E-state index is 14.4. The number of methoxy groups -OCH3 is 1. The molecule has 2 amide bonds. The number of anilines is 1. The van der Waals surface area contributed by atoms with E-state index in [1.165, 1.54) is 4.90 Å². The van der Waals surface area contributed by atoms with Crippen LogP contribution in [0.2, 0.25) is 0 Å². The maximum Gasteiger partial charge on any atom is 0.311 e. The van der Waals surface area contributed by atoms with Crippen LogP contribution >= 0.6 is 11.8 Å². The van der Waals surface area contributed by atoms with Crippen molar-refractivity contribution in [2.75, 3.05) is 31.8 Å². The third kappa shape index (κ3) is 4.36. The Morgan fingerprint density at radius 2 is 1.97 bits per heavy atom. The summed E-state index contributed by atoms with van der Waals surface area (Å²) in [4.78, 5) is 44.9. The summed E-state index contributed by atoms with van der Waals surface area (Å²) in [5, 5.41) is 10.1. The molecule has 200 valence electrons. The fraction of sp³-hybridized carbons (Fsp3) is 0.536. The number of aliphatic hydroxyl groups is 1. The molecule has 2 unspecified atom stereocenters. The molecule has 3 heterocycles. The Hall–Kier alpha value is -2.78. The number of benzene rings is 1. The Balaban J connectivity index is 1.77. The second-order valence-electron chi connectivity index (χ2n) is 10.2. The molecule has 3 fully saturated rings. The minimum absolute atomic E-state index is 0.206. The Labute approximate surface area is 222 Å². The standard InChI is InChI=1S/C28H36N2O6S/c1-6-8-16-36-26(34)22-21-24(32)30(18(3)17-31)23(28(21)14-13-27(22,4)37-28)25(33)29(15-7-2)19-9-11-20(35-5)12-10-19/h6-7,9-12,18,21-23,31H,1-2,8,13-17H2,3-5H3/t18-,21+,22+,23?,27-,28?/m1/s1. The molecule has 2 bridgehead atoms. The number of fused-ring (bicyclic) bond motifs is 1. The number of rotatable bonds is 11. The lowest BCUT2D eigenvalue weighted by Gasteiger charge is -2.38. The molecule has 4 rings (SSSR count). The van der Waals surface area contributed by atoms with Gasteiger partial charge in [0.2, 0.25) is 5.91 Å². The van der Waals surface area contributed by atoms with Crippen LogP contribution in [0.25, 0.3) is 0 Å². The molecule has 3 aliphatic rings. The quantitative estimate of drug-likeness (QED) is 0.268. The number of aliphatic hydroxyl groups excluding tert-OH is 1. The molecular weight excluding hydrogens is 492 g/mol. The van der Waals surface area contributed by atoms with Crippen LogP contribution < -0.4 is 9.64 Å². The van der Waals surface area contributed by atoms with E-state index in [0.717, 1.165) is 0 Å². The number of hydrogen-bond acceptors (Lipinski definition) is 7. The summed E-state index contributed by atoms with van der Waals surface area (Å²) < 4.78 is 9.53. The molecule has 0 aromatic heterocycles. The molecule has 0 saturated carbocycles. The smallest absolute Gasteiger partial charge is 0.311 e. The van der Waals surface area contributed by atoms with Gasteiger partial charge in [-0.05, 0) is 57.4 Å². The first-order valence-corrected chi connectivity index (χ1v) is 13.5. The molecule has 0 radical (unpaired) electrons. The van der Waals surface area contributed by atoms with E-state index in [4.69, 9.17) is 9.47 Å². The lowest BCUT2D eigenvalue weighted by atomic mass is 9.66. The monoisotopic (exact) mass is 528 g/mol. The van der Waals surface area contributed by atoms with E-state index < -0.39 is 39.4 Å². The lowest BCUT2D eigenvalue weighted by Crippen LogP contribution is -2.57. The number of likely N-dealkylation sites (tertiary alicyclic amines) is 1. The highest BCUT2D eigenvalue weighted by Crippen LogP contribution is 2.71. The zero-order chi connectivity index (χ0) is 27.0. The van der Waals surface area contributed by atoms with E-state index >= 15 is 0 Å². The van der Waals surface area contributed by atoms with Gasteiger partial charge in [0.05, 0.1) is 42.9 Å². The van der Waals surface area contributed by atoms with E-state index in [2.05, 4.69) is 13.2 Å². The summed E-state index contributed by atoms with van der Waals surface area (Å²) in [6.07, 6.45) is 5.17. The van der Waals surface area contributed by atoms with Gasteiger partial charge in [0, 0.05) is 17.0 Å². The Morgan fingerprint density at radius 1 is 1.27 bits per heavy atom. The van der Waals surface area contributed by atoms with Crippen molar-refractivity contribution in [2.45, 2.75) is 54.7 Å². The largest absolute Gasteiger partial charge is 0.497 e. The molecule has 3 saturated heterocycles. The van der Waals surface area contributed by atoms with E-state index in [0.29, 0.717) is 30.7 Å². The number of thioether (sulfide) groups is 1. The van der Waals surface area contributed by atoms with Gasteiger partial charge in [-0.3, -0.25) is 14.4 Å².